The van der Waals surface area contributed by atoms with Crippen LogP contribution in [0.1, 0.15) is 28.2 Å². The number of nitrogens with one attached hydrogen (secondary N) is 1. The number of aromatic nitrogens is 5. The molecular weight excluding hydrogens is 581 g/mol. The van der Waals surface area contributed by atoms with Crippen LogP contribution in [0.4, 0.5) is 10.1 Å². The fourth-order valence-electron chi connectivity index (χ4n) is 6.23. The summed E-state index contributed by atoms with van der Waals surface area (Å²) in [7, 11) is 0. The van der Waals surface area contributed by atoms with E-state index in [1.807, 2.05) is 6.07 Å². The summed E-state index contributed by atoms with van der Waals surface area (Å²) < 4.78 is 21.6. The van der Waals surface area contributed by atoms with Gasteiger partial charge in [-0.15, -0.1) is 0 Å². The molecule has 0 bridgehead atoms. The molecule has 0 spiro atoms. The number of ether oxygens (including phenoxy) is 1. The van der Waals surface area contributed by atoms with Crippen LogP contribution in [0.25, 0.3) is 27.7 Å². The molecule has 0 radical (unpaired) electrons. The zero-order valence-corrected chi connectivity index (χ0v) is 24.2. The maximum absolute atomic E-state index is 14.7. The molecule has 230 valence electrons. The third-order valence-electron chi connectivity index (χ3n) is 8.41. The number of rotatable bonds is 7. The number of carbonyl (C=O) groups is 3. The van der Waals surface area contributed by atoms with E-state index in [1.54, 1.807) is 42.9 Å². The van der Waals surface area contributed by atoms with Crippen LogP contribution in [0.5, 0.6) is 0 Å². The number of allylic oxidation sites excluding steroid dienone is 1. The number of nitrogens with two attached hydrogens (primary N) is 1. The molecule has 3 N–H and O–H groups in total. The molecule has 0 saturated carbocycles. The minimum atomic E-state index is -1.37. The van der Waals surface area contributed by atoms with Gasteiger partial charge in [0.25, 0.3) is 5.91 Å². The molecule has 14 heteroatoms. The Balaban J connectivity index is 1.10. The lowest BCUT2D eigenvalue weighted by Gasteiger charge is -2.30. The van der Waals surface area contributed by atoms with Crippen LogP contribution in [0.15, 0.2) is 55.0 Å². The zero-order chi connectivity index (χ0) is 31.1. The minimum Gasteiger partial charge on any atom is -0.378 e. The van der Waals surface area contributed by atoms with E-state index in [-0.39, 0.29) is 25.2 Å². The number of anilines is 1. The van der Waals surface area contributed by atoms with E-state index in [2.05, 4.69) is 36.6 Å². The topological polar surface area (TPSA) is 161 Å². The van der Waals surface area contributed by atoms with E-state index in [0.29, 0.717) is 36.2 Å². The van der Waals surface area contributed by atoms with Crippen molar-refractivity contribution in [2.24, 2.45) is 5.73 Å². The number of fused-ring (bicyclic) bond motifs is 2. The van der Waals surface area contributed by atoms with Crippen LogP contribution in [0.3, 0.4) is 0 Å². The number of halogens is 1. The first kappa shape index (κ1) is 28.5. The number of hydrogen-bond donors (Lipinski definition) is 2. The Morgan fingerprint density at radius 2 is 1.91 bits per heavy atom. The molecule has 2 fully saturated rings. The van der Waals surface area contributed by atoms with E-state index in [0.717, 1.165) is 41.2 Å². The smallest absolute Gasteiger partial charge is 0.269 e. The Morgan fingerprint density at radius 3 is 2.69 bits per heavy atom. The van der Waals surface area contributed by atoms with Gasteiger partial charge >= 0.3 is 0 Å². The van der Waals surface area contributed by atoms with Crippen molar-refractivity contribution < 1.29 is 23.5 Å². The first-order valence-corrected chi connectivity index (χ1v) is 14.7. The molecule has 1 aliphatic carbocycles. The molecule has 13 nitrogen and oxygen atoms in total. The van der Waals surface area contributed by atoms with Crippen molar-refractivity contribution in [1.82, 2.24) is 34.8 Å². The molecule has 2 atom stereocenters. The van der Waals surface area contributed by atoms with Crippen LogP contribution in [-0.2, 0) is 27.3 Å². The number of pyridine rings is 1. The van der Waals surface area contributed by atoms with E-state index in [4.69, 9.17) is 10.5 Å². The SMILES string of the molecule is NC(=O)c1nn(CC(=O)N2CC(F)CC2C(=O)Nc2cnc3c(c2)C(N2CCOCC2)=CC3)c2ccc(-c3ccnnc3)cc12. The second kappa shape index (κ2) is 11.7. The second-order valence-corrected chi connectivity index (χ2v) is 11.2. The van der Waals surface area contributed by atoms with Gasteiger partial charge in [-0.2, -0.15) is 15.3 Å². The molecule has 3 amide bonds. The third-order valence-corrected chi connectivity index (χ3v) is 8.41. The van der Waals surface area contributed by atoms with Crippen LogP contribution in [0.2, 0.25) is 0 Å². The van der Waals surface area contributed by atoms with Gasteiger partial charge in [0.2, 0.25) is 11.8 Å². The largest absolute Gasteiger partial charge is 0.378 e. The lowest BCUT2D eigenvalue weighted by molar-refractivity contribution is -0.137. The number of hydrogen-bond acceptors (Lipinski definition) is 9. The fourth-order valence-corrected chi connectivity index (χ4v) is 6.23. The highest BCUT2D eigenvalue weighted by atomic mass is 19.1. The summed E-state index contributed by atoms with van der Waals surface area (Å²) in [6.45, 7) is 2.29. The number of primary amides is 1. The van der Waals surface area contributed by atoms with Crippen LogP contribution in [-0.4, -0.2) is 97.5 Å². The van der Waals surface area contributed by atoms with Gasteiger partial charge < -0.3 is 25.6 Å². The van der Waals surface area contributed by atoms with Gasteiger partial charge in [0, 0.05) is 48.1 Å². The summed E-state index contributed by atoms with van der Waals surface area (Å²) in [4.78, 5) is 47.3. The van der Waals surface area contributed by atoms with Gasteiger partial charge in [-0.25, -0.2) is 4.39 Å². The quantitative estimate of drug-likeness (QED) is 0.317. The fraction of sp³-hybridized carbons (Fsp3) is 0.323. The Bertz CT molecular complexity index is 1840. The number of nitrogens with zero attached hydrogens (tertiary/aromatic N) is 7. The summed E-state index contributed by atoms with van der Waals surface area (Å²) >= 11 is 0. The summed E-state index contributed by atoms with van der Waals surface area (Å²) in [5.41, 5.74) is 11.0. The Morgan fingerprint density at radius 1 is 1.07 bits per heavy atom. The van der Waals surface area contributed by atoms with Crippen molar-refractivity contribution in [2.45, 2.75) is 31.6 Å². The number of carbonyl (C=O) groups excluding carboxylic acids is 3. The summed E-state index contributed by atoms with van der Waals surface area (Å²) in [5.74, 6) is -1.77. The summed E-state index contributed by atoms with van der Waals surface area (Å²) in [6.07, 6.45) is 6.04. The Kier molecular flexibility index (Phi) is 7.41. The highest BCUT2D eigenvalue weighted by molar-refractivity contribution is 6.05. The van der Waals surface area contributed by atoms with E-state index < -0.39 is 29.9 Å². The molecule has 3 aliphatic rings. The molecule has 1 aromatic carbocycles. The average molecular weight is 612 g/mol. The molecule has 2 saturated heterocycles. The van der Waals surface area contributed by atoms with E-state index in [9.17, 15) is 18.8 Å². The first-order valence-electron chi connectivity index (χ1n) is 14.7. The minimum absolute atomic E-state index is 0.00430. The van der Waals surface area contributed by atoms with Gasteiger partial charge in [0.05, 0.1) is 55.2 Å². The lowest BCUT2D eigenvalue weighted by Crippen LogP contribution is -2.44. The van der Waals surface area contributed by atoms with Crippen molar-refractivity contribution in [3.05, 3.63) is 71.9 Å². The monoisotopic (exact) mass is 611 g/mol. The maximum Gasteiger partial charge on any atom is 0.269 e. The molecule has 2 aliphatic heterocycles. The molecule has 4 aromatic rings. The summed E-state index contributed by atoms with van der Waals surface area (Å²) in [6, 6.07) is 7.90. The number of likely N-dealkylation sites (tertiary alicyclic amines) is 1. The van der Waals surface area contributed by atoms with Crippen molar-refractivity contribution in [3.63, 3.8) is 0 Å². The van der Waals surface area contributed by atoms with Gasteiger partial charge in [-0.05, 0) is 29.8 Å². The highest BCUT2D eigenvalue weighted by Crippen LogP contribution is 2.32. The van der Waals surface area contributed by atoms with Crippen molar-refractivity contribution >= 4 is 40.0 Å². The standard InChI is InChI=1S/C31H30FN9O4/c32-20-12-27(31(44)37-21-13-22-24(34-15-21)2-4-25(22)39-7-9-45-10-8-39)40(16-20)28(42)17-41-26-3-1-18(19-5-6-35-36-14-19)11-23(26)29(38-41)30(33)43/h1,3-6,11,13-15,20,27H,2,7-10,12,16-17H2,(H2,33,43)(H,37,44). The Hall–Kier alpha value is -5.24. The van der Waals surface area contributed by atoms with Gasteiger partial charge in [0.1, 0.15) is 18.8 Å². The van der Waals surface area contributed by atoms with Crippen molar-refractivity contribution in [2.75, 3.05) is 38.2 Å². The lowest BCUT2D eigenvalue weighted by atomic mass is 10.0. The van der Waals surface area contributed by atoms with Gasteiger partial charge in [-0.1, -0.05) is 12.1 Å². The second-order valence-electron chi connectivity index (χ2n) is 11.2. The Labute approximate surface area is 256 Å². The molecule has 45 heavy (non-hydrogen) atoms. The molecule has 2 unspecified atom stereocenters. The molecular formula is C31H30FN9O4. The van der Waals surface area contributed by atoms with Crippen LogP contribution < -0.4 is 11.1 Å². The molecule has 7 rings (SSSR count). The summed E-state index contributed by atoms with van der Waals surface area (Å²) in [5, 5.41) is 15.3. The van der Waals surface area contributed by atoms with Crippen LogP contribution in [0, 0.1) is 0 Å². The number of amides is 3. The zero-order valence-electron chi connectivity index (χ0n) is 24.2. The molecule has 5 heterocycles. The number of benzene rings is 1. The van der Waals surface area contributed by atoms with E-state index >= 15 is 0 Å². The number of alkyl halides is 1. The molecule has 3 aromatic heterocycles. The van der Waals surface area contributed by atoms with Crippen molar-refractivity contribution in [3.8, 4) is 11.1 Å². The number of morpholine rings is 1. The average Bonchev–Trinajstić information content (AvgIpc) is 3.76. The van der Waals surface area contributed by atoms with Crippen molar-refractivity contribution in [1.29, 1.82) is 0 Å². The van der Waals surface area contributed by atoms with E-state index in [1.165, 1.54) is 9.58 Å². The predicted molar refractivity (Wildman–Crippen MR) is 161 cm³/mol. The van der Waals surface area contributed by atoms with Gasteiger partial charge in [0.15, 0.2) is 5.69 Å². The first-order chi connectivity index (χ1) is 21.9. The predicted octanol–water partition coefficient (Wildman–Crippen LogP) is 1.79. The van der Waals surface area contributed by atoms with Gasteiger partial charge in [-0.3, -0.25) is 24.0 Å². The normalized spacial score (nSPS) is 19.4. The third kappa shape index (κ3) is 5.48. The van der Waals surface area contributed by atoms with Crippen LogP contribution >= 0.6 is 0 Å². The maximum atomic E-state index is 14.7. The highest BCUT2D eigenvalue weighted by Gasteiger charge is 2.40.